The largest absolute Gasteiger partial charge is 0.456 e. The van der Waals surface area contributed by atoms with Crippen molar-refractivity contribution in [2.45, 2.75) is 171 Å². The van der Waals surface area contributed by atoms with Crippen molar-refractivity contribution in [3.63, 3.8) is 0 Å². The van der Waals surface area contributed by atoms with Crippen LogP contribution in [0.2, 0.25) is 0 Å². The molecule has 1 amide bonds. The summed E-state index contributed by atoms with van der Waals surface area (Å²) >= 11 is 7.79. The van der Waals surface area contributed by atoms with E-state index in [1.165, 1.54) is 76.0 Å². The predicted molar refractivity (Wildman–Crippen MR) is 184 cm³/mol. The molecular weight excluding hydrogens is 623 g/mol. The summed E-state index contributed by atoms with van der Waals surface area (Å²) in [5.41, 5.74) is -0.701. The minimum absolute atomic E-state index is 0. The van der Waals surface area contributed by atoms with E-state index in [-0.39, 0.29) is 30.8 Å². The summed E-state index contributed by atoms with van der Waals surface area (Å²) in [6.45, 7) is 6.97. The lowest BCUT2D eigenvalue weighted by Gasteiger charge is -2.45. The maximum Gasteiger partial charge on any atom is 0.306 e. The molecule has 11 heteroatoms. The van der Waals surface area contributed by atoms with Gasteiger partial charge in [0.25, 0.3) is 0 Å². The van der Waals surface area contributed by atoms with Gasteiger partial charge in [-0.2, -0.15) is 0 Å². The van der Waals surface area contributed by atoms with Gasteiger partial charge >= 0.3 is 5.97 Å². The van der Waals surface area contributed by atoms with E-state index < -0.39 is 47.2 Å². The van der Waals surface area contributed by atoms with E-state index in [2.05, 4.69) is 19.2 Å². The molecule has 0 spiro atoms. The van der Waals surface area contributed by atoms with Crippen LogP contribution in [-0.2, 0) is 19.1 Å². The van der Waals surface area contributed by atoms with Gasteiger partial charge in [-0.1, -0.05) is 97.3 Å². The standard InChI is InChI=1S/C33H61ClN2O6S.ClH/c1-6-8-9-10-11-12-13-14-15-16-17-18-19-20-26(37)41-31-29(39)28(38)30(42-33(31)43-5)27(23(3)34)35-32(40)25-21-24(7-2)22-36(25)4;/h23-25,27-31,33,38-39H,6-22H2,1-5H3,(H,35,40);1H/t23-,24+,25-,27+,28+,29-,30+,31+,33+;/m0./s1. The van der Waals surface area contributed by atoms with Crippen LogP contribution in [0.3, 0.4) is 0 Å². The maximum atomic E-state index is 13.2. The maximum absolute atomic E-state index is 13.2. The van der Waals surface area contributed by atoms with E-state index in [1.54, 1.807) is 13.2 Å². The van der Waals surface area contributed by atoms with Gasteiger partial charge in [0.1, 0.15) is 23.7 Å². The monoisotopic (exact) mass is 684 g/mol. The molecule has 0 aromatic carbocycles. The molecule has 0 unspecified atom stereocenters. The van der Waals surface area contributed by atoms with E-state index >= 15 is 0 Å². The predicted octanol–water partition coefficient (Wildman–Crippen LogP) is 6.45. The second-order valence-corrected chi connectivity index (χ2v) is 14.4. The summed E-state index contributed by atoms with van der Waals surface area (Å²) in [7, 11) is 1.94. The average Bonchev–Trinajstić information content (AvgIpc) is 3.37. The Morgan fingerprint density at radius 3 is 2.00 bits per heavy atom. The smallest absolute Gasteiger partial charge is 0.306 e. The SMILES string of the molecule is CCCCCCCCCCCCCCCC(=O)O[C@@H]1[C@@H](O)[C@@H](O)[C@@H]([C@H](NC(=O)[C@@H]2C[C@@H](CC)CN2C)[C@H](C)Cl)O[C@@H]1SC.Cl. The fraction of sp³-hybridized carbons (Fsp3) is 0.939. The van der Waals surface area contributed by atoms with E-state index in [0.29, 0.717) is 5.92 Å². The zero-order valence-corrected chi connectivity index (χ0v) is 30.3. The Morgan fingerprint density at radius 2 is 1.52 bits per heavy atom. The van der Waals surface area contributed by atoms with Gasteiger partial charge in [-0.3, -0.25) is 14.5 Å². The molecule has 2 rings (SSSR count). The van der Waals surface area contributed by atoms with E-state index in [4.69, 9.17) is 21.1 Å². The molecule has 0 aliphatic carbocycles. The number of halogens is 2. The molecule has 2 saturated heterocycles. The average molecular weight is 686 g/mol. The molecular formula is C33H62Cl2N2O6S. The molecule has 44 heavy (non-hydrogen) atoms. The Kier molecular flexibility index (Phi) is 21.9. The highest BCUT2D eigenvalue weighted by molar-refractivity contribution is 7.99. The van der Waals surface area contributed by atoms with Crippen molar-refractivity contribution < 1.29 is 29.3 Å². The van der Waals surface area contributed by atoms with Gasteiger partial charge in [0.05, 0.1) is 17.5 Å². The summed E-state index contributed by atoms with van der Waals surface area (Å²) in [5.74, 6) is -0.0963. The minimum atomic E-state index is -1.38. The second-order valence-electron chi connectivity index (χ2n) is 12.8. The highest BCUT2D eigenvalue weighted by atomic mass is 35.5. The number of likely N-dealkylation sites (N-methyl/N-ethyl adjacent to an activating group) is 1. The molecule has 0 bridgehead atoms. The van der Waals surface area contributed by atoms with Gasteiger partial charge in [-0.25, -0.2) is 0 Å². The number of unbranched alkanes of at least 4 members (excludes halogenated alkanes) is 12. The van der Waals surface area contributed by atoms with Crippen molar-refractivity contribution in [2.24, 2.45) is 5.92 Å². The van der Waals surface area contributed by atoms with Crippen LogP contribution < -0.4 is 5.32 Å². The molecule has 3 N–H and O–H groups in total. The number of aliphatic hydroxyl groups excluding tert-OH is 2. The normalized spacial score (nSPS) is 28.7. The van der Waals surface area contributed by atoms with E-state index in [1.807, 2.05) is 11.9 Å². The summed E-state index contributed by atoms with van der Waals surface area (Å²) in [6.07, 6.45) is 15.1. The van der Waals surface area contributed by atoms with Crippen molar-refractivity contribution in [1.82, 2.24) is 10.2 Å². The van der Waals surface area contributed by atoms with Crippen LogP contribution in [0.15, 0.2) is 0 Å². The number of esters is 1. The number of hydrogen-bond acceptors (Lipinski definition) is 8. The lowest BCUT2D eigenvalue weighted by atomic mass is 9.92. The number of carbonyl (C=O) groups excluding carboxylic acids is 2. The molecule has 0 saturated carbocycles. The van der Waals surface area contributed by atoms with Gasteiger partial charge in [0.15, 0.2) is 6.10 Å². The summed E-state index contributed by atoms with van der Waals surface area (Å²) < 4.78 is 11.8. The molecule has 2 aliphatic heterocycles. The number of ether oxygens (including phenoxy) is 2. The van der Waals surface area contributed by atoms with E-state index in [9.17, 15) is 19.8 Å². The van der Waals surface area contributed by atoms with Gasteiger partial charge in [0.2, 0.25) is 5.91 Å². The number of rotatable bonds is 21. The van der Waals surface area contributed by atoms with Crippen molar-refractivity contribution in [1.29, 1.82) is 0 Å². The number of amides is 1. The highest BCUT2D eigenvalue weighted by Gasteiger charge is 2.50. The summed E-state index contributed by atoms with van der Waals surface area (Å²) in [6, 6.07) is -1.01. The molecule has 9 atom stereocenters. The zero-order chi connectivity index (χ0) is 31.8. The quantitative estimate of drug-likeness (QED) is 0.0719. The molecule has 0 aromatic rings. The number of carbonyl (C=O) groups is 2. The fourth-order valence-corrected chi connectivity index (χ4v) is 7.33. The third kappa shape index (κ3) is 13.8. The number of nitrogens with zero attached hydrogens (tertiary/aromatic N) is 1. The number of likely N-dealkylation sites (tertiary alicyclic amines) is 1. The highest BCUT2D eigenvalue weighted by Crippen LogP contribution is 2.33. The molecule has 2 aliphatic rings. The van der Waals surface area contributed by atoms with Crippen molar-refractivity contribution in [3.05, 3.63) is 0 Å². The number of aliphatic hydroxyl groups is 2. The third-order valence-corrected chi connectivity index (χ3v) is 10.4. The van der Waals surface area contributed by atoms with Crippen molar-refractivity contribution >= 4 is 47.6 Å². The first kappa shape index (κ1) is 41.7. The van der Waals surface area contributed by atoms with Crippen LogP contribution in [0.1, 0.15) is 124 Å². The van der Waals surface area contributed by atoms with Crippen molar-refractivity contribution in [2.75, 3.05) is 19.8 Å². The van der Waals surface area contributed by atoms with Crippen LogP contribution in [0.25, 0.3) is 0 Å². The third-order valence-electron chi connectivity index (χ3n) is 9.24. The Balaban J connectivity index is 0.00000968. The van der Waals surface area contributed by atoms with Crippen LogP contribution >= 0.6 is 35.8 Å². The van der Waals surface area contributed by atoms with Gasteiger partial charge in [-0.15, -0.1) is 35.8 Å². The fourth-order valence-electron chi connectivity index (χ4n) is 6.40. The Morgan fingerprint density at radius 1 is 0.977 bits per heavy atom. The zero-order valence-electron chi connectivity index (χ0n) is 27.9. The number of alkyl halides is 1. The number of hydrogen-bond donors (Lipinski definition) is 3. The first-order valence-corrected chi connectivity index (χ1v) is 18.7. The lowest BCUT2D eigenvalue weighted by Crippen LogP contribution is -2.65. The molecule has 260 valence electrons. The van der Waals surface area contributed by atoms with Crippen LogP contribution in [0.4, 0.5) is 0 Å². The van der Waals surface area contributed by atoms with Gasteiger partial charge < -0.3 is 25.0 Å². The molecule has 2 heterocycles. The van der Waals surface area contributed by atoms with Crippen LogP contribution in [0, 0.1) is 5.92 Å². The van der Waals surface area contributed by atoms with Crippen molar-refractivity contribution in [3.8, 4) is 0 Å². The molecule has 0 aromatic heterocycles. The molecule has 0 radical (unpaired) electrons. The summed E-state index contributed by atoms with van der Waals surface area (Å²) in [4.78, 5) is 27.9. The van der Waals surface area contributed by atoms with Gasteiger partial charge in [-0.05, 0) is 39.0 Å². The van der Waals surface area contributed by atoms with Crippen LogP contribution in [-0.4, -0.2) is 94.2 Å². The topological polar surface area (TPSA) is 108 Å². The minimum Gasteiger partial charge on any atom is -0.456 e. The second kappa shape index (κ2) is 23.1. The Bertz CT molecular complexity index is 795. The van der Waals surface area contributed by atoms with Gasteiger partial charge in [0, 0.05) is 13.0 Å². The Labute approximate surface area is 282 Å². The molecule has 2 fully saturated rings. The summed E-state index contributed by atoms with van der Waals surface area (Å²) in [5, 5.41) is 24.5. The van der Waals surface area contributed by atoms with E-state index in [0.717, 1.165) is 38.6 Å². The number of nitrogens with one attached hydrogen (secondary N) is 1. The molecule has 8 nitrogen and oxygen atoms in total. The van der Waals surface area contributed by atoms with Crippen LogP contribution in [0.5, 0.6) is 0 Å². The first-order chi connectivity index (χ1) is 20.6. The Hall–Kier alpha value is -0.290. The number of thioether (sulfide) groups is 1. The lowest BCUT2D eigenvalue weighted by molar-refractivity contribution is -0.218. The first-order valence-electron chi connectivity index (χ1n) is 17.0.